The second kappa shape index (κ2) is 9.70. The fourth-order valence-electron chi connectivity index (χ4n) is 3.39. The van der Waals surface area contributed by atoms with E-state index in [0.29, 0.717) is 23.9 Å². The lowest BCUT2D eigenvalue weighted by atomic mass is 10.1. The highest BCUT2D eigenvalue weighted by atomic mass is 32.2. The number of nitrogens with zero attached hydrogens (tertiary/aromatic N) is 2. The number of methoxy groups -OCH3 is 1. The molecule has 2 N–H and O–H groups in total. The Labute approximate surface area is 198 Å². The van der Waals surface area contributed by atoms with Crippen LogP contribution in [0.3, 0.4) is 0 Å². The van der Waals surface area contributed by atoms with Crippen LogP contribution in [0.15, 0.2) is 59.9 Å². The maximum atomic E-state index is 11.7. The Morgan fingerprint density at radius 1 is 0.941 bits per heavy atom. The molecule has 3 aromatic heterocycles. The van der Waals surface area contributed by atoms with Gasteiger partial charge in [-0.15, -0.1) is 0 Å². The first kappa shape index (κ1) is 23.5. The van der Waals surface area contributed by atoms with Gasteiger partial charge in [-0.2, -0.15) is 0 Å². The third kappa shape index (κ3) is 5.64. The molecule has 34 heavy (non-hydrogen) atoms. The topological polar surface area (TPSA) is 119 Å². The van der Waals surface area contributed by atoms with E-state index in [-0.39, 0.29) is 11.1 Å². The van der Waals surface area contributed by atoms with Crippen LogP contribution in [0.1, 0.15) is 12.6 Å². The van der Waals surface area contributed by atoms with E-state index in [4.69, 9.17) is 14.2 Å². The SMILES string of the molecule is COC[C@H](C)Oc1cc(Oc2ccc(S(C)(=O)=O)nc2)cc(-c2ccc(-c3ncc(C)[nH]3)[nH]2)c1. The molecule has 0 bridgehead atoms. The highest BCUT2D eigenvalue weighted by molar-refractivity contribution is 7.90. The number of aromatic nitrogens is 4. The van der Waals surface area contributed by atoms with Crippen LogP contribution in [0.2, 0.25) is 0 Å². The van der Waals surface area contributed by atoms with Gasteiger partial charge in [0.1, 0.15) is 23.4 Å². The first-order valence-corrected chi connectivity index (χ1v) is 12.5. The first-order valence-electron chi connectivity index (χ1n) is 10.6. The lowest BCUT2D eigenvalue weighted by Gasteiger charge is -2.16. The van der Waals surface area contributed by atoms with E-state index in [1.807, 2.05) is 38.1 Å². The van der Waals surface area contributed by atoms with Crippen LogP contribution < -0.4 is 9.47 Å². The molecule has 0 saturated carbocycles. The fraction of sp³-hybridized carbons (Fsp3) is 0.250. The second-order valence-corrected chi connectivity index (χ2v) is 9.95. The molecule has 4 aromatic rings. The zero-order valence-corrected chi connectivity index (χ0v) is 20.1. The molecule has 1 aromatic carbocycles. The zero-order chi connectivity index (χ0) is 24.3. The number of ether oxygens (including phenoxy) is 3. The van der Waals surface area contributed by atoms with E-state index in [0.717, 1.165) is 34.7 Å². The number of imidazole rings is 1. The third-order valence-electron chi connectivity index (χ3n) is 4.90. The Balaban J connectivity index is 1.66. The van der Waals surface area contributed by atoms with Gasteiger partial charge >= 0.3 is 0 Å². The lowest BCUT2D eigenvalue weighted by Crippen LogP contribution is -2.17. The molecule has 0 saturated heterocycles. The molecule has 0 aliphatic carbocycles. The van der Waals surface area contributed by atoms with Crippen molar-refractivity contribution < 1.29 is 22.6 Å². The zero-order valence-electron chi connectivity index (χ0n) is 19.3. The summed E-state index contributed by atoms with van der Waals surface area (Å²) < 4.78 is 40.5. The minimum absolute atomic E-state index is 0.0157. The number of sulfone groups is 1. The monoisotopic (exact) mass is 482 g/mol. The molecule has 0 radical (unpaired) electrons. The van der Waals surface area contributed by atoms with E-state index in [2.05, 4.69) is 19.9 Å². The van der Waals surface area contributed by atoms with Crippen LogP contribution in [0, 0.1) is 6.92 Å². The Bertz CT molecular complexity index is 1380. The number of aromatic amines is 2. The van der Waals surface area contributed by atoms with Gasteiger partial charge in [0.2, 0.25) is 0 Å². The third-order valence-corrected chi connectivity index (χ3v) is 5.90. The summed E-state index contributed by atoms with van der Waals surface area (Å²) in [5.41, 5.74) is 3.52. The number of hydrogen-bond donors (Lipinski definition) is 2. The molecule has 0 amide bonds. The van der Waals surface area contributed by atoms with Crippen molar-refractivity contribution in [3.05, 3.63) is 60.6 Å². The van der Waals surface area contributed by atoms with Gasteiger partial charge < -0.3 is 24.2 Å². The number of aryl methyl sites for hydroxylation is 1. The van der Waals surface area contributed by atoms with Crippen molar-refractivity contribution >= 4 is 9.84 Å². The van der Waals surface area contributed by atoms with Crippen molar-refractivity contribution in [1.29, 1.82) is 0 Å². The van der Waals surface area contributed by atoms with Gasteiger partial charge in [0.25, 0.3) is 0 Å². The summed E-state index contributed by atoms with van der Waals surface area (Å²) in [5, 5.41) is -0.0157. The summed E-state index contributed by atoms with van der Waals surface area (Å²) in [4.78, 5) is 14.9. The average molecular weight is 483 g/mol. The summed E-state index contributed by atoms with van der Waals surface area (Å²) in [6.07, 6.45) is 4.09. The van der Waals surface area contributed by atoms with Gasteiger partial charge in [0.15, 0.2) is 20.7 Å². The van der Waals surface area contributed by atoms with Crippen LogP contribution in [0.4, 0.5) is 0 Å². The molecule has 1 atom stereocenters. The number of nitrogens with one attached hydrogen (secondary N) is 2. The number of pyridine rings is 1. The molecule has 0 aliphatic heterocycles. The van der Waals surface area contributed by atoms with Gasteiger partial charge in [-0.3, -0.25) is 0 Å². The smallest absolute Gasteiger partial charge is 0.192 e. The normalized spacial score (nSPS) is 12.5. The van der Waals surface area contributed by atoms with Crippen LogP contribution in [-0.4, -0.2) is 54.4 Å². The summed E-state index contributed by atoms with van der Waals surface area (Å²) in [7, 11) is -1.77. The summed E-state index contributed by atoms with van der Waals surface area (Å²) >= 11 is 0. The Morgan fingerprint density at radius 3 is 2.35 bits per heavy atom. The number of hydrogen-bond acceptors (Lipinski definition) is 7. The minimum atomic E-state index is -3.39. The van der Waals surface area contributed by atoms with Crippen molar-refractivity contribution in [2.75, 3.05) is 20.0 Å². The Hall–Kier alpha value is -3.63. The van der Waals surface area contributed by atoms with Crippen LogP contribution in [0.5, 0.6) is 17.2 Å². The van der Waals surface area contributed by atoms with Gasteiger partial charge in [0.05, 0.1) is 18.5 Å². The summed E-state index contributed by atoms with van der Waals surface area (Å²) in [5.74, 6) is 2.26. The molecule has 178 valence electrons. The second-order valence-electron chi connectivity index (χ2n) is 7.98. The van der Waals surface area contributed by atoms with E-state index in [1.165, 1.54) is 12.3 Å². The van der Waals surface area contributed by atoms with E-state index in [1.54, 1.807) is 25.4 Å². The predicted octanol–water partition coefficient (Wildman–Crippen LogP) is 4.38. The molecule has 0 fully saturated rings. The van der Waals surface area contributed by atoms with Gasteiger partial charge in [-0.25, -0.2) is 18.4 Å². The maximum Gasteiger partial charge on any atom is 0.192 e. The highest BCUT2D eigenvalue weighted by Gasteiger charge is 2.13. The molecule has 3 heterocycles. The largest absolute Gasteiger partial charge is 0.488 e. The van der Waals surface area contributed by atoms with Crippen molar-refractivity contribution in [2.45, 2.75) is 25.0 Å². The van der Waals surface area contributed by atoms with E-state index in [9.17, 15) is 8.42 Å². The number of H-pyrrole nitrogens is 2. The molecule has 4 rings (SSSR count). The van der Waals surface area contributed by atoms with Crippen LogP contribution >= 0.6 is 0 Å². The molecule has 0 aliphatic rings. The predicted molar refractivity (Wildman–Crippen MR) is 128 cm³/mol. The maximum absolute atomic E-state index is 11.7. The van der Waals surface area contributed by atoms with E-state index < -0.39 is 9.84 Å². The van der Waals surface area contributed by atoms with Crippen LogP contribution in [-0.2, 0) is 14.6 Å². The summed E-state index contributed by atoms with van der Waals surface area (Å²) in [6.45, 7) is 4.29. The molecule has 9 nitrogen and oxygen atoms in total. The van der Waals surface area contributed by atoms with Crippen molar-refractivity contribution in [2.24, 2.45) is 0 Å². The van der Waals surface area contributed by atoms with Crippen molar-refractivity contribution in [3.63, 3.8) is 0 Å². The van der Waals surface area contributed by atoms with Gasteiger partial charge in [-0.1, -0.05) is 0 Å². The number of benzene rings is 1. The first-order chi connectivity index (χ1) is 16.2. The molecule has 10 heteroatoms. The van der Waals surface area contributed by atoms with Gasteiger partial charge in [0, 0.05) is 42.6 Å². The Morgan fingerprint density at radius 2 is 1.71 bits per heavy atom. The highest BCUT2D eigenvalue weighted by Crippen LogP contribution is 2.33. The van der Waals surface area contributed by atoms with E-state index >= 15 is 0 Å². The number of rotatable bonds is 9. The molecule has 0 unspecified atom stereocenters. The average Bonchev–Trinajstić information content (AvgIpc) is 3.43. The van der Waals surface area contributed by atoms with Crippen LogP contribution in [0.25, 0.3) is 22.8 Å². The lowest BCUT2D eigenvalue weighted by molar-refractivity contribution is 0.0920. The van der Waals surface area contributed by atoms with Gasteiger partial charge in [-0.05, 0) is 50.2 Å². The molecule has 0 spiro atoms. The molecular formula is C24H26N4O5S. The molecular weight excluding hydrogens is 456 g/mol. The fourth-order valence-corrected chi connectivity index (χ4v) is 3.95. The van der Waals surface area contributed by atoms with Crippen molar-refractivity contribution in [3.8, 4) is 40.0 Å². The Kier molecular flexibility index (Phi) is 6.71. The van der Waals surface area contributed by atoms with Crippen molar-refractivity contribution in [1.82, 2.24) is 19.9 Å². The standard InChI is InChI=1S/C24H26N4O5S/c1-15-12-26-24(27-15)22-7-6-21(28-22)17-9-19(32-16(2)14-31-3)11-20(10-17)33-18-5-8-23(25-13-18)34(4,29)30/h5-13,16,28H,14H2,1-4H3,(H,26,27)/t16-/m0/s1. The quantitative estimate of drug-likeness (QED) is 0.363. The minimum Gasteiger partial charge on any atom is -0.488 e. The summed E-state index contributed by atoms with van der Waals surface area (Å²) in [6, 6.07) is 12.4.